The summed E-state index contributed by atoms with van der Waals surface area (Å²) in [5.41, 5.74) is 1.94. The molecule has 0 saturated carbocycles. The maximum atomic E-state index is 11.6. The summed E-state index contributed by atoms with van der Waals surface area (Å²) in [7, 11) is 1.67. The maximum Gasteiger partial charge on any atom is 0.233 e. The molecule has 1 saturated heterocycles. The molecule has 8 heteroatoms. The number of carbonyl (C=O) groups excluding carboxylic acids is 1. The molecule has 0 aromatic carbocycles. The number of likely N-dealkylation sites (N-methyl/N-ethyl adjacent to an activating group) is 1. The van der Waals surface area contributed by atoms with Crippen LogP contribution in [-0.4, -0.2) is 52.4 Å². The molecule has 0 aliphatic carbocycles. The minimum Gasteiger partial charge on any atom is -0.358 e. The zero-order chi connectivity index (χ0) is 16.9. The van der Waals surface area contributed by atoms with Gasteiger partial charge in [0.15, 0.2) is 10.9 Å². The minimum atomic E-state index is 0.0476. The first-order valence-corrected chi connectivity index (χ1v) is 8.96. The van der Waals surface area contributed by atoms with Crippen molar-refractivity contribution >= 4 is 28.2 Å². The van der Waals surface area contributed by atoms with Crippen LogP contribution in [0.25, 0.3) is 0 Å². The van der Waals surface area contributed by atoms with Crippen molar-refractivity contribution in [2.45, 2.75) is 25.7 Å². The summed E-state index contributed by atoms with van der Waals surface area (Å²) in [4.78, 5) is 27.3. The van der Waals surface area contributed by atoms with Crippen LogP contribution in [0, 0.1) is 6.92 Å². The Morgan fingerprint density at radius 2 is 2.25 bits per heavy atom. The molecule has 0 spiro atoms. The number of aryl methyl sites for hydroxylation is 1. The van der Waals surface area contributed by atoms with Crippen LogP contribution in [0.4, 0.5) is 10.9 Å². The van der Waals surface area contributed by atoms with Crippen LogP contribution >= 0.6 is 11.3 Å². The number of piperidine rings is 1. The van der Waals surface area contributed by atoms with E-state index in [1.165, 1.54) is 0 Å². The Balaban J connectivity index is 1.75. The number of likely N-dealkylation sites (tertiary alicyclic amines) is 1. The second-order valence-electron chi connectivity index (χ2n) is 5.96. The second kappa shape index (κ2) is 7.67. The zero-order valence-electron chi connectivity index (χ0n) is 14.0. The molecule has 0 unspecified atom stereocenters. The molecule has 7 nitrogen and oxygen atoms in total. The Bertz CT molecular complexity index is 703. The fourth-order valence-corrected chi connectivity index (χ4v) is 3.65. The quantitative estimate of drug-likeness (QED) is 0.860. The summed E-state index contributed by atoms with van der Waals surface area (Å²) < 4.78 is 0. The molecular weight excluding hydrogens is 324 g/mol. The molecule has 1 aliphatic rings. The van der Waals surface area contributed by atoms with Gasteiger partial charge in [-0.05, 0) is 26.3 Å². The van der Waals surface area contributed by atoms with Crippen LogP contribution in [0.1, 0.15) is 30.1 Å². The number of nitrogens with zero attached hydrogens (tertiary/aromatic N) is 4. The van der Waals surface area contributed by atoms with Crippen molar-refractivity contribution in [2.24, 2.45) is 0 Å². The average Bonchev–Trinajstić information content (AvgIpc) is 3.00. The Labute approximate surface area is 145 Å². The molecule has 3 rings (SSSR count). The van der Waals surface area contributed by atoms with E-state index in [0.717, 1.165) is 48.3 Å². The number of nitrogens with one attached hydrogen (secondary N) is 2. The van der Waals surface area contributed by atoms with Crippen LogP contribution in [0.15, 0.2) is 17.8 Å². The molecular formula is C16H22N6OS. The average molecular weight is 346 g/mol. The fourth-order valence-electron chi connectivity index (χ4n) is 2.96. The SMILES string of the molecule is CNC(=O)CN1CCC[C@H](c2nccnc2Nc2nc(C)cs2)C1. The van der Waals surface area contributed by atoms with Crippen molar-refractivity contribution < 1.29 is 4.79 Å². The third kappa shape index (κ3) is 4.07. The van der Waals surface area contributed by atoms with Gasteiger partial charge in [-0.25, -0.2) is 9.97 Å². The van der Waals surface area contributed by atoms with Crippen molar-refractivity contribution in [3.63, 3.8) is 0 Å². The van der Waals surface area contributed by atoms with Crippen molar-refractivity contribution in [3.8, 4) is 0 Å². The van der Waals surface area contributed by atoms with Crippen molar-refractivity contribution in [1.82, 2.24) is 25.2 Å². The van der Waals surface area contributed by atoms with E-state index >= 15 is 0 Å². The van der Waals surface area contributed by atoms with E-state index in [1.54, 1.807) is 30.8 Å². The highest BCUT2D eigenvalue weighted by Crippen LogP contribution is 2.31. The summed E-state index contributed by atoms with van der Waals surface area (Å²) in [6.45, 7) is 4.16. The smallest absolute Gasteiger partial charge is 0.233 e. The fraction of sp³-hybridized carbons (Fsp3) is 0.500. The van der Waals surface area contributed by atoms with Gasteiger partial charge < -0.3 is 10.6 Å². The zero-order valence-corrected chi connectivity index (χ0v) is 14.8. The summed E-state index contributed by atoms with van der Waals surface area (Å²) in [5.74, 6) is 1.07. The van der Waals surface area contributed by atoms with Crippen LogP contribution in [-0.2, 0) is 4.79 Å². The van der Waals surface area contributed by atoms with Crippen LogP contribution in [0.3, 0.4) is 0 Å². The summed E-state index contributed by atoms with van der Waals surface area (Å²) in [5, 5.41) is 8.81. The first-order valence-electron chi connectivity index (χ1n) is 8.08. The maximum absolute atomic E-state index is 11.6. The molecule has 1 amide bonds. The molecule has 3 heterocycles. The standard InChI is InChI=1S/C16H22N6OS/c1-11-10-24-16(20-11)21-15-14(18-5-6-19-15)12-4-3-7-22(8-12)9-13(23)17-2/h5-6,10,12H,3-4,7-9H2,1-2H3,(H,17,23)(H,19,20,21)/t12-/m0/s1. The monoisotopic (exact) mass is 346 g/mol. The van der Waals surface area contributed by atoms with Crippen LogP contribution in [0.2, 0.25) is 0 Å². The van der Waals surface area contributed by atoms with Crippen molar-refractivity contribution in [3.05, 3.63) is 29.2 Å². The highest BCUT2D eigenvalue weighted by molar-refractivity contribution is 7.13. The second-order valence-corrected chi connectivity index (χ2v) is 6.81. The normalized spacial score (nSPS) is 18.3. The molecule has 2 aromatic heterocycles. The Hall–Kier alpha value is -2.06. The van der Waals surface area contributed by atoms with E-state index in [9.17, 15) is 4.79 Å². The van der Waals surface area contributed by atoms with Crippen molar-refractivity contribution in [1.29, 1.82) is 0 Å². The van der Waals surface area contributed by atoms with Crippen molar-refractivity contribution in [2.75, 3.05) is 32.0 Å². The topological polar surface area (TPSA) is 83.0 Å². The van der Waals surface area contributed by atoms with Gasteiger partial charge in [0.1, 0.15) is 0 Å². The lowest BCUT2D eigenvalue weighted by molar-refractivity contribution is -0.122. The Morgan fingerprint density at radius 1 is 1.42 bits per heavy atom. The number of hydrogen-bond donors (Lipinski definition) is 2. The predicted molar refractivity (Wildman–Crippen MR) is 94.6 cm³/mol. The van der Waals surface area contributed by atoms with Gasteiger partial charge >= 0.3 is 0 Å². The molecule has 1 aliphatic heterocycles. The van der Waals surface area contributed by atoms with E-state index in [-0.39, 0.29) is 11.8 Å². The molecule has 24 heavy (non-hydrogen) atoms. The highest BCUT2D eigenvalue weighted by Gasteiger charge is 2.26. The van der Waals surface area contributed by atoms with Gasteiger partial charge in [0, 0.05) is 37.3 Å². The van der Waals surface area contributed by atoms with Gasteiger partial charge in [0.2, 0.25) is 5.91 Å². The van der Waals surface area contributed by atoms with Gasteiger partial charge in [-0.15, -0.1) is 11.3 Å². The Morgan fingerprint density at radius 3 is 3.00 bits per heavy atom. The molecule has 0 radical (unpaired) electrons. The molecule has 0 bridgehead atoms. The van der Waals surface area contributed by atoms with Gasteiger partial charge in [0.05, 0.1) is 17.9 Å². The first kappa shape index (κ1) is 16.8. The van der Waals surface area contributed by atoms with Crippen LogP contribution in [0.5, 0.6) is 0 Å². The molecule has 128 valence electrons. The number of carbonyl (C=O) groups is 1. The van der Waals surface area contributed by atoms with Gasteiger partial charge in [-0.2, -0.15) is 0 Å². The first-order chi connectivity index (χ1) is 11.7. The number of amides is 1. The van der Waals surface area contributed by atoms with E-state index in [0.29, 0.717) is 6.54 Å². The summed E-state index contributed by atoms with van der Waals surface area (Å²) >= 11 is 1.56. The van der Waals surface area contributed by atoms with Gasteiger partial charge in [0.25, 0.3) is 0 Å². The lowest BCUT2D eigenvalue weighted by Gasteiger charge is -2.32. The molecule has 2 aromatic rings. The number of aromatic nitrogens is 3. The van der Waals surface area contributed by atoms with E-state index in [1.807, 2.05) is 12.3 Å². The third-order valence-electron chi connectivity index (χ3n) is 4.11. The molecule has 1 fully saturated rings. The number of anilines is 2. The third-order valence-corrected chi connectivity index (χ3v) is 4.98. The highest BCUT2D eigenvalue weighted by atomic mass is 32.1. The predicted octanol–water partition coefficient (Wildman–Crippen LogP) is 1.91. The van der Waals surface area contributed by atoms with E-state index < -0.39 is 0 Å². The number of rotatable bonds is 5. The van der Waals surface area contributed by atoms with Crippen LogP contribution < -0.4 is 10.6 Å². The minimum absolute atomic E-state index is 0.0476. The lowest BCUT2D eigenvalue weighted by atomic mass is 9.94. The summed E-state index contributed by atoms with van der Waals surface area (Å²) in [6, 6.07) is 0. The molecule has 1 atom stereocenters. The summed E-state index contributed by atoms with van der Waals surface area (Å²) in [6.07, 6.45) is 5.52. The Kier molecular flexibility index (Phi) is 5.37. The van der Waals surface area contributed by atoms with Gasteiger partial charge in [-0.3, -0.25) is 14.7 Å². The largest absolute Gasteiger partial charge is 0.358 e. The van der Waals surface area contributed by atoms with E-state index in [2.05, 4.69) is 30.5 Å². The number of hydrogen-bond acceptors (Lipinski definition) is 7. The number of thiazole rings is 1. The lowest BCUT2D eigenvalue weighted by Crippen LogP contribution is -2.41. The molecule has 2 N–H and O–H groups in total. The van der Waals surface area contributed by atoms with E-state index in [4.69, 9.17) is 0 Å². The van der Waals surface area contributed by atoms with Gasteiger partial charge in [-0.1, -0.05) is 0 Å².